The van der Waals surface area contributed by atoms with Crippen molar-refractivity contribution in [3.05, 3.63) is 50.9 Å². The number of nitrogens with one attached hydrogen (secondary N) is 2. The molecule has 0 spiro atoms. The van der Waals surface area contributed by atoms with E-state index in [0.29, 0.717) is 23.1 Å². The third-order valence-electron chi connectivity index (χ3n) is 3.29. The molecule has 0 aliphatic carbocycles. The van der Waals surface area contributed by atoms with E-state index in [4.69, 9.17) is 11.6 Å². The SMILES string of the molecule is CCNC(=NCc1nc(C(F)(F)F)cs1)NCC(O)c1ccccc1Cl.I. The molecular weight excluding hydrogens is 516 g/mol. The molecular formula is C16H19ClF3IN4OS. The molecule has 2 aromatic rings. The Morgan fingerprint density at radius 1 is 1.33 bits per heavy atom. The molecule has 0 radical (unpaired) electrons. The van der Waals surface area contributed by atoms with Crippen molar-refractivity contribution in [2.45, 2.75) is 25.7 Å². The Labute approximate surface area is 181 Å². The summed E-state index contributed by atoms with van der Waals surface area (Å²) < 4.78 is 37.7. The molecule has 11 heteroatoms. The number of thiazole rings is 1. The molecule has 150 valence electrons. The molecule has 1 aromatic heterocycles. The Morgan fingerprint density at radius 2 is 2.04 bits per heavy atom. The maximum absolute atomic E-state index is 12.6. The van der Waals surface area contributed by atoms with Crippen LogP contribution in [-0.4, -0.2) is 29.1 Å². The zero-order valence-corrected chi connectivity index (χ0v) is 18.2. The molecule has 1 atom stereocenters. The predicted octanol–water partition coefficient (Wildman–Crippen LogP) is 4.22. The topological polar surface area (TPSA) is 69.5 Å². The molecule has 0 saturated heterocycles. The molecule has 3 N–H and O–H groups in total. The first-order chi connectivity index (χ1) is 12.3. The van der Waals surface area contributed by atoms with Crippen molar-refractivity contribution in [1.82, 2.24) is 15.6 Å². The number of aliphatic hydroxyl groups excluding tert-OH is 1. The van der Waals surface area contributed by atoms with Gasteiger partial charge in [-0.1, -0.05) is 29.8 Å². The number of benzene rings is 1. The summed E-state index contributed by atoms with van der Waals surface area (Å²) in [6.45, 7) is 2.55. The standard InChI is InChI=1S/C16H18ClF3N4OS.HI/c1-2-21-15(22-7-12(25)10-5-3-4-6-11(10)17)23-8-14-24-13(9-26-14)16(18,19)20;/h3-6,9,12,25H,2,7-8H2,1H3,(H2,21,22,23);1H. The Kier molecular flexibility index (Phi) is 9.77. The van der Waals surface area contributed by atoms with Crippen molar-refractivity contribution < 1.29 is 18.3 Å². The summed E-state index contributed by atoms with van der Waals surface area (Å²) in [5.74, 6) is 0.363. The van der Waals surface area contributed by atoms with Crippen molar-refractivity contribution >= 4 is 52.9 Å². The Balaban J connectivity index is 0.00000364. The van der Waals surface area contributed by atoms with Crippen molar-refractivity contribution in [3.63, 3.8) is 0 Å². The van der Waals surface area contributed by atoms with Gasteiger partial charge in [-0.25, -0.2) is 9.98 Å². The monoisotopic (exact) mass is 534 g/mol. The van der Waals surface area contributed by atoms with E-state index in [0.717, 1.165) is 16.7 Å². The highest BCUT2D eigenvalue weighted by molar-refractivity contribution is 14.0. The molecule has 0 saturated carbocycles. The zero-order chi connectivity index (χ0) is 19.2. The maximum atomic E-state index is 12.6. The van der Waals surface area contributed by atoms with E-state index >= 15 is 0 Å². The predicted molar refractivity (Wildman–Crippen MR) is 112 cm³/mol. The van der Waals surface area contributed by atoms with Gasteiger partial charge in [0.2, 0.25) is 0 Å². The summed E-state index contributed by atoms with van der Waals surface area (Å²) in [4.78, 5) is 7.73. The Bertz CT molecular complexity index is 757. The van der Waals surface area contributed by atoms with Crippen LogP contribution in [0, 0.1) is 0 Å². The largest absolute Gasteiger partial charge is 0.434 e. The molecule has 0 fully saturated rings. The van der Waals surface area contributed by atoms with E-state index in [1.165, 1.54) is 0 Å². The van der Waals surface area contributed by atoms with Gasteiger partial charge in [-0.2, -0.15) is 13.2 Å². The van der Waals surface area contributed by atoms with Gasteiger partial charge in [0.15, 0.2) is 11.7 Å². The first-order valence-corrected chi connectivity index (χ1v) is 9.03. The summed E-state index contributed by atoms with van der Waals surface area (Å²) in [5.41, 5.74) is -0.341. The Morgan fingerprint density at radius 3 is 2.63 bits per heavy atom. The van der Waals surface area contributed by atoms with E-state index < -0.39 is 18.0 Å². The number of guanidine groups is 1. The molecule has 27 heavy (non-hydrogen) atoms. The van der Waals surface area contributed by atoms with Crippen molar-refractivity contribution in [2.75, 3.05) is 13.1 Å². The average Bonchev–Trinajstić information content (AvgIpc) is 3.07. The van der Waals surface area contributed by atoms with E-state index in [1.54, 1.807) is 24.3 Å². The number of alkyl halides is 3. The smallest absolute Gasteiger partial charge is 0.387 e. The van der Waals surface area contributed by atoms with Gasteiger partial charge < -0.3 is 15.7 Å². The van der Waals surface area contributed by atoms with Gasteiger partial charge in [-0.3, -0.25) is 0 Å². The lowest BCUT2D eigenvalue weighted by Gasteiger charge is -2.16. The molecule has 0 amide bonds. The third-order valence-corrected chi connectivity index (χ3v) is 4.46. The lowest BCUT2D eigenvalue weighted by atomic mass is 10.1. The highest BCUT2D eigenvalue weighted by Gasteiger charge is 2.33. The fourth-order valence-corrected chi connectivity index (χ4v) is 3.04. The minimum atomic E-state index is -4.46. The average molecular weight is 535 g/mol. The lowest BCUT2D eigenvalue weighted by Crippen LogP contribution is -2.39. The van der Waals surface area contributed by atoms with E-state index in [1.807, 2.05) is 6.92 Å². The van der Waals surface area contributed by atoms with Gasteiger partial charge in [0.25, 0.3) is 0 Å². The second kappa shape index (κ2) is 11.0. The first-order valence-electron chi connectivity index (χ1n) is 7.77. The van der Waals surface area contributed by atoms with Crippen LogP contribution in [0.4, 0.5) is 13.2 Å². The van der Waals surface area contributed by atoms with Crippen molar-refractivity contribution in [2.24, 2.45) is 4.99 Å². The van der Waals surface area contributed by atoms with Crippen LogP contribution >= 0.6 is 46.9 Å². The van der Waals surface area contributed by atoms with Crippen LogP contribution < -0.4 is 10.6 Å². The number of hydrogen-bond acceptors (Lipinski definition) is 4. The number of nitrogens with zero attached hydrogens (tertiary/aromatic N) is 2. The molecule has 5 nitrogen and oxygen atoms in total. The fraction of sp³-hybridized carbons (Fsp3) is 0.375. The highest BCUT2D eigenvalue weighted by Crippen LogP contribution is 2.30. The number of aromatic nitrogens is 1. The summed E-state index contributed by atoms with van der Waals surface area (Å²) >= 11 is 6.94. The third kappa shape index (κ3) is 7.43. The minimum Gasteiger partial charge on any atom is -0.387 e. The second-order valence-electron chi connectivity index (χ2n) is 5.24. The van der Waals surface area contributed by atoms with Crippen LogP contribution in [0.1, 0.15) is 29.3 Å². The van der Waals surface area contributed by atoms with Gasteiger partial charge in [0, 0.05) is 29.1 Å². The highest BCUT2D eigenvalue weighted by atomic mass is 127. The molecule has 1 heterocycles. The van der Waals surface area contributed by atoms with Crippen molar-refractivity contribution in [1.29, 1.82) is 0 Å². The van der Waals surface area contributed by atoms with Crippen LogP contribution in [0.25, 0.3) is 0 Å². The van der Waals surface area contributed by atoms with Crippen LogP contribution in [-0.2, 0) is 12.7 Å². The molecule has 2 rings (SSSR count). The van der Waals surface area contributed by atoms with Crippen LogP contribution in [0.3, 0.4) is 0 Å². The van der Waals surface area contributed by atoms with Gasteiger partial charge in [0.1, 0.15) is 5.01 Å². The molecule has 1 aromatic carbocycles. The number of hydrogen-bond donors (Lipinski definition) is 3. The number of aliphatic hydroxyl groups is 1. The maximum Gasteiger partial charge on any atom is 0.434 e. The molecule has 0 bridgehead atoms. The number of rotatable bonds is 6. The number of aliphatic imine (C=N–C) groups is 1. The van der Waals surface area contributed by atoms with Gasteiger partial charge in [0.05, 0.1) is 12.6 Å². The van der Waals surface area contributed by atoms with Gasteiger partial charge >= 0.3 is 6.18 Å². The summed E-state index contributed by atoms with van der Waals surface area (Å²) in [6, 6.07) is 6.93. The summed E-state index contributed by atoms with van der Waals surface area (Å²) in [7, 11) is 0. The van der Waals surface area contributed by atoms with Crippen molar-refractivity contribution in [3.8, 4) is 0 Å². The second-order valence-corrected chi connectivity index (χ2v) is 6.59. The van der Waals surface area contributed by atoms with Crippen LogP contribution in [0.2, 0.25) is 5.02 Å². The van der Waals surface area contributed by atoms with Gasteiger partial charge in [-0.05, 0) is 13.0 Å². The molecule has 0 aliphatic heterocycles. The van der Waals surface area contributed by atoms with E-state index in [9.17, 15) is 18.3 Å². The normalized spacial score (nSPS) is 13.0. The Hall–Kier alpha value is -1.11. The lowest BCUT2D eigenvalue weighted by molar-refractivity contribution is -0.140. The zero-order valence-electron chi connectivity index (χ0n) is 14.3. The summed E-state index contributed by atoms with van der Waals surface area (Å²) in [5, 5.41) is 17.8. The summed E-state index contributed by atoms with van der Waals surface area (Å²) in [6.07, 6.45) is -5.32. The van der Waals surface area contributed by atoms with Crippen LogP contribution in [0.15, 0.2) is 34.6 Å². The molecule has 0 aliphatic rings. The van der Waals surface area contributed by atoms with Crippen LogP contribution in [0.5, 0.6) is 0 Å². The minimum absolute atomic E-state index is 0. The number of halogens is 5. The van der Waals surface area contributed by atoms with E-state index in [-0.39, 0.29) is 42.1 Å². The quantitative estimate of drug-likeness (QED) is 0.295. The molecule has 1 unspecified atom stereocenters. The first kappa shape index (κ1) is 23.9. The fourth-order valence-electron chi connectivity index (χ4n) is 2.05. The van der Waals surface area contributed by atoms with Gasteiger partial charge in [-0.15, -0.1) is 35.3 Å². The van der Waals surface area contributed by atoms with E-state index in [2.05, 4.69) is 20.6 Å².